The van der Waals surface area contributed by atoms with Crippen LogP contribution in [0, 0.1) is 5.41 Å². The molecule has 10 nitrogen and oxygen atoms in total. The third-order valence-corrected chi connectivity index (χ3v) is 4.87. The van der Waals surface area contributed by atoms with Crippen molar-refractivity contribution in [1.82, 2.24) is 24.8 Å². The zero-order valence-electron chi connectivity index (χ0n) is 18.1. The zero-order valence-corrected chi connectivity index (χ0v) is 18.1. The lowest BCUT2D eigenvalue weighted by molar-refractivity contribution is 0.201. The summed E-state index contributed by atoms with van der Waals surface area (Å²) in [7, 11) is 1.70. The molecule has 0 aliphatic carbocycles. The van der Waals surface area contributed by atoms with E-state index < -0.39 is 0 Å². The monoisotopic (exact) mass is 444 g/mol. The van der Waals surface area contributed by atoms with Gasteiger partial charge < -0.3 is 26.0 Å². The largest absolute Gasteiger partial charge is 0.491 e. The van der Waals surface area contributed by atoms with Crippen LogP contribution in [0.2, 0.25) is 0 Å². The van der Waals surface area contributed by atoms with Gasteiger partial charge in [0, 0.05) is 43.7 Å². The van der Waals surface area contributed by atoms with E-state index in [9.17, 15) is 0 Å². The van der Waals surface area contributed by atoms with E-state index in [1.807, 2.05) is 53.1 Å². The zero-order chi connectivity index (χ0) is 23.0. The number of hydrogen-bond acceptors (Lipinski definition) is 9. The molecule has 3 heterocycles. The lowest BCUT2D eigenvalue weighted by atomic mass is 10.1. The Hall–Kier alpha value is -4.31. The van der Waals surface area contributed by atoms with Crippen LogP contribution in [-0.2, 0) is 6.54 Å². The summed E-state index contributed by atoms with van der Waals surface area (Å²) in [6, 6.07) is 13.3. The van der Waals surface area contributed by atoms with Crippen molar-refractivity contribution in [3.8, 4) is 17.1 Å². The Morgan fingerprint density at radius 1 is 1.18 bits per heavy atom. The Kier molecular flexibility index (Phi) is 6.86. The number of aromatic nitrogens is 4. The van der Waals surface area contributed by atoms with Gasteiger partial charge in [0.2, 0.25) is 0 Å². The molecule has 0 aliphatic rings. The van der Waals surface area contributed by atoms with Crippen LogP contribution >= 0.6 is 0 Å². The molecule has 10 heteroatoms. The summed E-state index contributed by atoms with van der Waals surface area (Å²) in [5, 5.41) is 23.8. The first-order chi connectivity index (χ1) is 16.2. The Morgan fingerprint density at radius 3 is 2.79 bits per heavy atom. The third-order valence-electron chi connectivity index (χ3n) is 4.87. The maximum absolute atomic E-state index is 8.92. The number of rotatable bonds is 10. The Bertz CT molecular complexity index is 1270. The van der Waals surface area contributed by atoms with Gasteiger partial charge in [0.1, 0.15) is 35.9 Å². The highest BCUT2D eigenvalue weighted by Crippen LogP contribution is 2.23. The molecule has 0 atom stereocenters. The minimum Gasteiger partial charge on any atom is -0.491 e. The molecule has 0 radical (unpaired) electrons. The summed E-state index contributed by atoms with van der Waals surface area (Å²) in [6.07, 6.45) is 6.35. The van der Waals surface area contributed by atoms with Gasteiger partial charge in [-0.3, -0.25) is 4.40 Å². The summed E-state index contributed by atoms with van der Waals surface area (Å²) in [5.74, 6) is 1.34. The first-order valence-corrected chi connectivity index (χ1v) is 10.3. The van der Waals surface area contributed by atoms with Gasteiger partial charge in [-0.25, -0.2) is 15.0 Å². The molecule has 0 amide bonds. The number of aliphatic hydroxyl groups is 1. The van der Waals surface area contributed by atoms with Crippen LogP contribution in [-0.4, -0.2) is 56.6 Å². The molecule has 4 rings (SSSR count). The number of nitrogens with zero attached hydrogens (tertiary/aromatic N) is 5. The van der Waals surface area contributed by atoms with Gasteiger partial charge in [-0.2, -0.15) is 5.10 Å². The van der Waals surface area contributed by atoms with Crippen LogP contribution in [0.15, 0.2) is 66.3 Å². The van der Waals surface area contributed by atoms with Crippen LogP contribution in [0.3, 0.4) is 0 Å². The molecule has 168 valence electrons. The third kappa shape index (κ3) is 5.13. The topological polar surface area (TPSA) is 133 Å². The molecule has 0 unspecified atom stereocenters. The second-order valence-electron chi connectivity index (χ2n) is 7.01. The number of hydrogen-bond donors (Lipinski definition) is 4. The fraction of sp³-hybridized carbons (Fsp3) is 0.174. The summed E-state index contributed by atoms with van der Waals surface area (Å²) in [4.78, 5) is 13.2. The average molecular weight is 444 g/mol. The molecule has 1 aromatic carbocycles. The standard InChI is InChI=1S/C23H24N8O2/c1-25-30-20(12-24)17-4-2-16(3-5-17)13-26-22-11-19(28-15-29-22)21-14-27-23-10-18(33-9-8-32)6-7-31(21)23/h2-7,10-12,14-15,24-25,32H,8-9,13H2,1H3,(H,26,28,29)/b24-12?,30-20+. The Morgan fingerprint density at radius 2 is 2.03 bits per heavy atom. The van der Waals surface area contributed by atoms with Crippen molar-refractivity contribution in [3.05, 3.63) is 72.3 Å². The lowest BCUT2D eigenvalue weighted by Gasteiger charge is -2.09. The maximum Gasteiger partial charge on any atom is 0.140 e. The number of anilines is 1. The lowest BCUT2D eigenvalue weighted by Crippen LogP contribution is -2.08. The number of aliphatic hydroxyl groups excluding tert-OH is 1. The molecule has 0 saturated carbocycles. The molecule has 0 spiro atoms. The second kappa shape index (κ2) is 10.3. The molecular weight excluding hydrogens is 420 g/mol. The molecule has 33 heavy (non-hydrogen) atoms. The average Bonchev–Trinajstić information content (AvgIpc) is 3.29. The van der Waals surface area contributed by atoms with Crippen LogP contribution in [0.1, 0.15) is 11.1 Å². The summed E-state index contributed by atoms with van der Waals surface area (Å²) in [6.45, 7) is 0.778. The molecule has 0 fully saturated rings. The van der Waals surface area contributed by atoms with Gasteiger partial charge in [0.15, 0.2) is 0 Å². The molecule has 0 aliphatic heterocycles. The summed E-state index contributed by atoms with van der Waals surface area (Å²) >= 11 is 0. The van der Waals surface area contributed by atoms with E-state index in [4.69, 9.17) is 15.3 Å². The number of pyridine rings is 1. The molecule has 4 aromatic rings. The van der Waals surface area contributed by atoms with Crippen molar-refractivity contribution in [1.29, 1.82) is 5.41 Å². The highest BCUT2D eigenvalue weighted by Gasteiger charge is 2.10. The maximum atomic E-state index is 8.92. The van der Waals surface area contributed by atoms with Crippen molar-refractivity contribution in [3.63, 3.8) is 0 Å². The highest BCUT2D eigenvalue weighted by atomic mass is 16.5. The number of fused-ring (bicyclic) bond motifs is 1. The first-order valence-electron chi connectivity index (χ1n) is 10.3. The van der Waals surface area contributed by atoms with E-state index in [-0.39, 0.29) is 13.2 Å². The molecular formula is C23H24N8O2. The second-order valence-corrected chi connectivity index (χ2v) is 7.01. The normalized spacial score (nSPS) is 11.4. The first kappa shape index (κ1) is 21.9. The fourth-order valence-corrected chi connectivity index (χ4v) is 3.29. The molecule has 4 N–H and O–H groups in total. The minimum absolute atomic E-state index is 0.0405. The smallest absolute Gasteiger partial charge is 0.140 e. The van der Waals surface area contributed by atoms with Gasteiger partial charge in [0.05, 0.1) is 24.2 Å². The van der Waals surface area contributed by atoms with Crippen LogP contribution in [0.25, 0.3) is 17.0 Å². The Balaban J connectivity index is 1.47. The summed E-state index contributed by atoms with van der Waals surface area (Å²) in [5.41, 5.74) is 7.49. The number of benzene rings is 1. The molecule has 3 aromatic heterocycles. The molecule has 0 bridgehead atoms. The number of ether oxygens (including phenoxy) is 1. The SMILES string of the molecule is CN/N=C(\C=N)c1ccc(CNc2cc(-c3cnc4cc(OCCO)ccn34)ncn2)cc1. The molecule has 0 saturated heterocycles. The van der Waals surface area contributed by atoms with Gasteiger partial charge in [-0.05, 0) is 11.6 Å². The number of hydrazone groups is 1. The van der Waals surface area contributed by atoms with Gasteiger partial charge >= 0.3 is 0 Å². The van der Waals surface area contributed by atoms with Crippen molar-refractivity contribution >= 4 is 23.4 Å². The quantitative estimate of drug-likeness (QED) is 0.218. The fourth-order valence-electron chi connectivity index (χ4n) is 3.29. The predicted molar refractivity (Wildman–Crippen MR) is 127 cm³/mol. The van der Waals surface area contributed by atoms with E-state index in [2.05, 4.69) is 30.8 Å². The number of nitrogens with one attached hydrogen (secondary N) is 3. The van der Waals surface area contributed by atoms with Crippen LogP contribution in [0.4, 0.5) is 5.82 Å². The Labute approximate surface area is 190 Å². The van der Waals surface area contributed by atoms with Gasteiger partial charge in [-0.15, -0.1) is 0 Å². The van der Waals surface area contributed by atoms with Crippen molar-refractivity contribution in [2.75, 3.05) is 25.6 Å². The van der Waals surface area contributed by atoms with Gasteiger partial charge in [0.25, 0.3) is 0 Å². The highest BCUT2D eigenvalue weighted by molar-refractivity contribution is 6.37. The van der Waals surface area contributed by atoms with E-state index in [1.54, 1.807) is 13.2 Å². The van der Waals surface area contributed by atoms with Crippen LogP contribution < -0.4 is 15.5 Å². The van der Waals surface area contributed by atoms with E-state index >= 15 is 0 Å². The van der Waals surface area contributed by atoms with Crippen molar-refractivity contribution in [2.24, 2.45) is 5.10 Å². The summed E-state index contributed by atoms with van der Waals surface area (Å²) < 4.78 is 7.37. The van der Waals surface area contributed by atoms with E-state index in [0.717, 1.165) is 28.2 Å². The minimum atomic E-state index is -0.0405. The van der Waals surface area contributed by atoms with E-state index in [1.165, 1.54) is 12.5 Å². The van der Waals surface area contributed by atoms with Crippen molar-refractivity contribution in [2.45, 2.75) is 6.54 Å². The van der Waals surface area contributed by atoms with Crippen molar-refractivity contribution < 1.29 is 9.84 Å². The van der Waals surface area contributed by atoms with E-state index in [0.29, 0.717) is 23.8 Å². The van der Waals surface area contributed by atoms with Gasteiger partial charge in [-0.1, -0.05) is 24.3 Å². The predicted octanol–water partition coefficient (Wildman–Crippen LogP) is 2.35. The van der Waals surface area contributed by atoms with Crippen LogP contribution in [0.5, 0.6) is 5.75 Å². The number of imidazole rings is 1.